The van der Waals surface area contributed by atoms with Crippen molar-refractivity contribution in [2.24, 2.45) is 0 Å². The zero-order valence-corrected chi connectivity index (χ0v) is 18.4. The van der Waals surface area contributed by atoms with E-state index in [4.69, 9.17) is 8.94 Å². The standard InChI is InChI=1S/C27H19FN2O4/c1-15-12-13-18(14-20(15)28)24(31)26-23(19-10-6-7-11-21(19)33-26)29-27(32)22-16(2)30-34-25(22)17-8-4-3-5-9-17/h3-14H,1-2H3,(H,29,32). The summed E-state index contributed by atoms with van der Waals surface area (Å²) < 4.78 is 25.4. The molecule has 0 aliphatic rings. The largest absolute Gasteiger partial charge is 0.450 e. The first kappa shape index (κ1) is 21.3. The lowest BCUT2D eigenvalue weighted by Crippen LogP contribution is -2.15. The smallest absolute Gasteiger partial charge is 0.261 e. The maximum absolute atomic E-state index is 14.1. The SMILES string of the molecule is Cc1ccc(C(=O)c2oc3ccccc3c2NC(=O)c2c(C)noc2-c2ccccc2)cc1F. The fourth-order valence-corrected chi connectivity index (χ4v) is 3.79. The molecule has 0 unspecified atom stereocenters. The Balaban J connectivity index is 1.59. The van der Waals surface area contributed by atoms with E-state index < -0.39 is 17.5 Å². The number of benzene rings is 3. The van der Waals surface area contributed by atoms with Crippen LogP contribution in [-0.2, 0) is 0 Å². The van der Waals surface area contributed by atoms with Gasteiger partial charge < -0.3 is 14.3 Å². The van der Waals surface area contributed by atoms with Crippen LogP contribution >= 0.6 is 0 Å². The Kier molecular flexibility index (Phi) is 5.30. The third-order valence-electron chi connectivity index (χ3n) is 5.60. The molecule has 3 aromatic carbocycles. The van der Waals surface area contributed by atoms with Crippen molar-refractivity contribution in [3.63, 3.8) is 0 Å². The number of aryl methyl sites for hydroxylation is 2. The maximum atomic E-state index is 14.1. The van der Waals surface area contributed by atoms with E-state index in [1.54, 1.807) is 38.1 Å². The number of nitrogens with one attached hydrogen (secondary N) is 1. The molecule has 2 heterocycles. The molecule has 6 nitrogen and oxygen atoms in total. The van der Waals surface area contributed by atoms with Crippen LogP contribution in [0.1, 0.15) is 37.7 Å². The zero-order chi connectivity index (χ0) is 23.8. The molecule has 0 aliphatic heterocycles. The number of rotatable bonds is 5. The molecule has 168 valence electrons. The summed E-state index contributed by atoms with van der Waals surface area (Å²) >= 11 is 0. The second-order valence-corrected chi connectivity index (χ2v) is 7.89. The van der Waals surface area contributed by atoms with Crippen LogP contribution in [0, 0.1) is 19.7 Å². The number of hydrogen-bond donors (Lipinski definition) is 1. The first-order chi connectivity index (χ1) is 16.4. The molecule has 2 aromatic heterocycles. The Morgan fingerprint density at radius 3 is 2.44 bits per heavy atom. The molecule has 0 saturated carbocycles. The fourth-order valence-electron chi connectivity index (χ4n) is 3.79. The number of hydrogen-bond acceptors (Lipinski definition) is 5. The van der Waals surface area contributed by atoms with Crippen LogP contribution in [-0.4, -0.2) is 16.8 Å². The summed E-state index contributed by atoms with van der Waals surface area (Å²) in [4.78, 5) is 26.7. The number of aromatic nitrogens is 1. The van der Waals surface area contributed by atoms with Gasteiger partial charge >= 0.3 is 0 Å². The molecule has 0 spiro atoms. The molecular formula is C27H19FN2O4. The van der Waals surface area contributed by atoms with E-state index in [2.05, 4.69) is 10.5 Å². The van der Waals surface area contributed by atoms with Crippen molar-refractivity contribution in [2.75, 3.05) is 5.32 Å². The van der Waals surface area contributed by atoms with Gasteiger partial charge in [-0.05, 0) is 37.6 Å². The number of carbonyl (C=O) groups excluding carboxylic acids is 2. The van der Waals surface area contributed by atoms with Crippen molar-refractivity contribution >= 4 is 28.3 Å². The molecule has 0 bridgehead atoms. The van der Waals surface area contributed by atoms with Crippen molar-refractivity contribution in [1.29, 1.82) is 0 Å². The van der Waals surface area contributed by atoms with E-state index in [0.717, 1.165) is 6.07 Å². The van der Waals surface area contributed by atoms with E-state index in [1.807, 2.05) is 30.3 Å². The van der Waals surface area contributed by atoms with Gasteiger partial charge in [0, 0.05) is 16.5 Å². The van der Waals surface area contributed by atoms with Crippen LogP contribution in [0.25, 0.3) is 22.3 Å². The number of ketones is 1. The Morgan fingerprint density at radius 2 is 1.68 bits per heavy atom. The van der Waals surface area contributed by atoms with Crippen LogP contribution in [0.4, 0.5) is 10.1 Å². The Labute approximate surface area is 194 Å². The third-order valence-corrected chi connectivity index (χ3v) is 5.60. The predicted molar refractivity (Wildman–Crippen MR) is 125 cm³/mol. The third kappa shape index (κ3) is 3.67. The second kappa shape index (κ2) is 8.44. The average molecular weight is 454 g/mol. The molecule has 0 saturated heterocycles. The van der Waals surface area contributed by atoms with Crippen LogP contribution in [0.3, 0.4) is 0 Å². The number of carbonyl (C=O) groups is 2. The number of nitrogens with zero attached hydrogens (tertiary/aromatic N) is 1. The maximum Gasteiger partial charge on any atom is 0.261 e. The molecule has 0 radical (unpaired) electrons. The highest BCUT2D eigenvalue weighted by molar-refractivity contribution is 6.19. The van der Waals surface area contributed by atoms with Crippen molar-refractivity contribution in [3.05, 3.63) is 107 Å². The lowest BCUT2D eigenvalue weighted by Gasteiger charge is -2.07. The minimum absolute atomic E-state index is 0.0897. The highest BCUT2D eigenvalue weighted by Gasteiger charge is 2.27. The number of amides is 1. The molecule has 7 heteroatoms. The second-order valence-electron chi connectivity index (χ2n) is 7.89. The average Bonchev–Trinajstić information content (AvgIpc) is 3.41. The molecule has 0 fully saturated rings. The van der Waals surface area contributed by atoms with E-state index in [0.29, 0.717) is 33.6 Å². The quantitative estimate of drug-likeness (QED) is 0.314. The Hall–Kier alpha value is -4.52. The molecule has 0 aliphatic carbocycles. The molecule has 0 atom stereocenters. The van der Waals surface area contributed by atoms with Gasteiger partial charge in [0.25, 0.3) is 5.91 Å². The van der Waals surface area contributed by atoms with Crippen molar-refractivity contribution in [3.8, 4) is 11.3 Å². The highest BCUT2D eigenvalue weighted by atomic mass is 19.1. The molecular weight excluding hydrogens is 435 g/mol. The van der Waals surface area contributed by atoms with Gasteiger partial charge in [0.15, 0.2) is 11.5 Å². The van der Waals surface area contributed by atoms with Gasteiger partial charge in [0.1, 0.15) is 17.0 Å². The minimum atomic E-state index is -0.546. The zero-order valence-electron chi connectivity index (χ0n) is 18.4. The molecule has 5 rings (SSSR count). The van der Waals surface area contributed by atoms with Gasteiger partial charge in [-0.15, -0.1) is 0 Å². The van der Waals surface area contributed by atoms with Crippen molar-refractivity contribution < 1.29 is 22.9 Å². The number of furan rings is 1. The lowest BCUT2D eigenvalue weighted by atomic mass is 10.0. The number of para-hydroxylation sites is 1. The Bertz CT molecular complexity index is 1550. The van der Waals surface area contributed by atoms with E-state index in [-0.39, 0.29) is 22.6 Å². The van der Waals surface area contributed by atoms with Gasteiger partial charge in [0.05, 0.1) is 11.4 Å². The summed E-state index contributed by atoms with van der Waals surface area (Å²) in [7, 11) is 0. The summed E-state index contributed by atoms with van der Waals surface area (Å²) in [5, 5.41) is 7.32. The first-order valence-electron chi connectivity index (χ1n) is 10.6. The predicted octanol–water partition coefficient (Wildman–Crippen LogP) is 6.33. The molecule has 1 amide bonds. The minimum Gasteiger partial charge on any atom is -0.450 e. The van der Waals surface area contributed by atoms with Crippen LogP contribution in [0.5, 0.6) is 0 Å². The highest BCUT2D eigenvalue weighted by Crippen LogP contribution is 2.34. The summed E-state index contributed by atoms with van der Waals surface area (Å²) in [5.41, 5.74) is 2.49. The van der Waals surface area contributed by atoms with Crippen molar-refractivity contribution in [1.82, 2.24) is 5.16 Å². The number of halogens is 1. The van der Waals surface area contributed by atoms with E-state index in [9.17, 15) is 14.0 Å². The van der Waals surface area contributed by atoms with Gasteiger partial charge in [0.2, 0.25) is 5.78 Å². The molecule has 1 N–H and O–H groups in total. The van der Waals surface area contributed by atoms with Crippen LogP contribution < -0.4 is 5.32 Å². The summed E-state index contributed by atoms with van der Waals surface area (Å²) in [6.45, 7) is 3.28. The van der Waals surface area contributed by atoms with Crippen LogP contribution in [0.15, 0.2) is 81.7 Å². The lowest BCUT2D eigenvalue weighted by molar-refractivity contribution is 0.101. The van der Waals surface area contributed by atoms with Gasteiger partial charge in [-0.1, -0.05) is 59.8 Å². The van der Waals surface area contributed by atoms with E-state index >= 15 is 0 Å². The van der Waals surface area contributed by atoms with E-state index in [1.165, 1.54) is 12.1 Å². The van der Waals surface area contributed by atoms with Crippen LogP contribution in [0.2, 0.25) is 0 Å². The number of fused-ring (bicyclic) bond motifs is 1. The Morgan fingerprint density at radius 1 is 0.941 bits per heavy atom. The van der Waals surface area contributed by atoms with Gasteiger partial charge in [-0.2, -0.15) is 0 Å². The van der Waals surface area contributed by atoms with Crippen molar-refractivity contribution in [2.45, 2.75) is 13.8 Å². The monoisotopic (exact) mass is 454 g/mol. The fraction of sp³-hybridized carbons (Fsp3) is 0.0741. The van der Waals surface area contributed by atoms with Gasteiger partial charge in [-0.25, -0.2) is 4.39 Å². The number of anilines is 1. The molecule has 5 aromatic rings. The summed E-state index contributed by atoms with van der Waals surface area (Å²) in [5.74, 6) is -1.32. The molecule has 34 heavy (non-hydrogen) atoms. The summed E-state index contributed by atoms with van der Waals surface area (Å²) in [6, 6.07) is 20.3. The summed E-state index contributed by atoms with van der Waals surface area (Å²) in [6.07, 6.45) is 0. The first-order valence-corrected chi connectivity index (χ1v) is 10.6. The van der Waals surface area contributed by atoms with Gasteiger partial charge in [-0.3, -0.25) is 9.59 Å². The normalized spacial score (nSPS) is 11.0. The topological polar surface area (TPSA) is 85.3 Å².